The van der Waals surface area contributed by atoms with E-state index in [-0.39, 0.29) is 22.6 Å². The molecular weight excluding hydrogens is 915 g/mol. The Morgan fingerprint density at radius 2 is 0.819 bits per heavy atom. The van der Waals surface area contributed by atoms with E-state index in [0.29, 0.717) is 35.2 Å². The third-order valence-electron chi connectivity index (χ3n) is 13.7. The number of hydrogen-bond acceptors (Lipinski definition) is 9. The van der Waals surface area contributed by atoms with Crippen molar-refractivity contribution in [2.75, 3.05) is 26.3 Å². The van der Waals surface area contributed by atoms with Gasteiger partial charge in [-0.2, -0.15) is 0 Å². The van der Waals surface area contributed by atoms with Gasteiger partial charge in [0.2, 0.25) is 0 Å². The Morgan fingerprint density at radius 3 is 1.17 bits per heavy atom. The van der Waals surface area contributed by atoms with Crippen LogP contribution in [0.5, 0.6) is 11.5 Å². The molecule has 5 aromatic rings. The highest BCUT2D eigenvalue weighted by molar-refractivity contribution is 6.45. The molecule has 0 aliphatic carbocycles. The summed E-state index contributed by atoms with van der Waals surface area (Å²) < 4.78 is 15.0. The zero-order chi connectivity index (χ0) is 51.8. The van der Waals surface area contributed by atoms with Crippen LogP contribution in [-0.4, -0.2) is 85.9 Å². The summed E-state index contributed by atoms with van der Waals surface area (Å²) in [6, 6.07) is 21.2. The van der Waals surface area contributed by atoms with Gasteiger partial charge in [-0.25, -0.2) is 9.59 Å². The number of nitrogens with two attached hydrogens (primary N) is 2. The summed E-state index contributed by atoms with van der Waals surface area (Å²) in [4.78, 5) is 74.5. The standard InChI is InChI=1S/C57H77N5O10/c1-41-50(54(67)56(58)69)52-44(30-26-32-46(52)71-39-48(63)64)61(41)36-24-17-13-9-5-3-7-11-15-22-34-60(38-43-28-20-19-21-29-43)35-23-16-12-8-4-6-10-14-18-25-37-62-42(2)51(55(68)57(59)70)53-45(62)31-27-33-47(53)72-40-49(65)66/h19-21,26-33H,3-18,22-25,34-40H2,1-2H3,(H2,58,69)(H2,59,70)(H,63,64)(H,65,66). The molecule has 0 aliphatic rings. The second kappa shape index (κ2) is 29.8. The Kier molecular flexibility index (Phi) is 23.3. The van der Waals surface area contributed by atoms with Gasteiger partial charge in [0.25, 0.3) is 23.4 Å². The fourth-order valence-electron chi connectivity index (χ4n) is 10.0. The van der Waals surface area contributed by atoms with Crippen LogP contribution in [-0.2, 0) is 38.8 Å². The molecule has 15 nitrogen and oxygen atoms in total. The number of fused-ring (bicyclic) bond motifs is 2. The van der Waals surface area contributed by atoms with Crippen molar-refractivity contribution in [1.82, 2.24) is 14.0 Å². The van der Waals surface area contributed by atoms with Crippen molar-refractivity contribution in [3.05, 3.63) is 94.8 Å². The largest absolute Gasteiger partial charge is 0.481 e. The number of aryl methyl sites for hydroxylation is 2. The molecule has 0 atom stereocenters. The Morgan fingerprint density at radius 1 is 0.472 bits per heavy atom. The second-order valence-electron chi connectivity index (χ2n) is 19.1. The van der Waals surface area contributed by atoms with E-state index >= 15 is 0 Å². The van der Waals surface area contributed by atoms with Crippen molar-refractivity contribution >= 4 is 57.1 Å². The second-order valence-corrected chi connectivity index (χ2v) is 19.1. The number of Topliss-reactive ketones (excluding diaryl/α,β-unsaturated/α-hetero) is 2. The normalized spacial score (nSPS) is 11.4. The molecule has 0 fully saturated rings. The lowest BCUT2D eigenvalue weighted by Gasteiger charge is -2.22. The van der Waals surface area contributed by atoms with E-state index in [9.17, 15) is 28.8 Å². The van der Waals surface area contributed by atoms with Crippen LogP contribution in [0, 0.1) is 13.8 Å². The summed E-state index contributed by atoms with van der Waals surface area (Å²) in [5.41, 5.74) is 15.2. The SMILES string of the molecule is Cc1c(C(=O)C(N)=O)c2c(OCC(=O)O)cccc2n1CCCCCCCCCCCCN(CCCCCCCCCCCCn1c(C)c(C(=O)C(N)=O)c2c(OCC(=O)O)cccc21)Cc1ccccc1. The molecule has 3 aromatic carbocycles. The average molecular weight is 992 g/mol. The van der Waals surface area contributed by atoms with Gasteiger partial charge in [0, 0.05) is 31.0 Å². The number of benzene rings is 3. The van der Waals surface area contributed by atoms with Gasteiger partial charge in [0.1, 0.15) is 11.5 Å². The molecule has 0 saturated carbocycles. The van der Waals surface area contributed by atoms with Crippen LogP contribution in [0.3, 0.4) is 0 Å². The molecule has 0 bridgehead atoms. The van der Waals surface area contributed by atoms with E-state index in [4.69, 9.17) is 31.2 Å². The molecule has 5 rings (SSSR count). The van der Waals surface area contributed by atoms with Crippen LogP contribution in [0.2, 0.25) is 0 Å². The number of ether oxygens (including phenoxy) is 2. The number of ketones is 2. The molecule has 72 heavy (non-hydrogen) atoms. The van der Waals surface area contributed by atoms with E-state index in [1.807, 2.05) is 21.3 Å². The number of aromatic nitrogens is 2. The molecule has 15 heteroatoms. The van der Waals surface area contributed by atoms with Crippen molar-refractivity contribution in [2.24, 2.45) is 11.5 Å². The van der Waals surface area contributed by atoms with Gasteiger partial charge >= 0.3 is 11.9 Å². The molecular formula is C57H77N5O10. The molecule has 2 heterocycles. The molecule has 0 spiro atoms. The number of carboxylic acids is 2. The predicted molar refractivity (Wildman–Crippen MR) is 281 cm³/mol. The van der Waals surface area contributed by atoms with Gasteiger partial charge in [0.05, 0.1) is 32.9 Å². The maximum absolute atomic E-state index is 12.9. The lowest BCUT2D eigenvalue weighted by atomic mass is 10.1. The summed E-state index contributed by atoms with van der Waals surface area (Å²) in [6.07, 6.45) is 23.3. The van der Waals surface area contributed by atoms with Crippen LogP contribution >= 0.6 is 0 Å². The summed E-state index contributed by atoms with van der Waals surface area (Å²) in [7, 11) is 0. The van der Waals surface area contributed by atoms with Crippen LogP contribution in [0.15, 0.2) is 66.7 Å². The number of unbranched alkanes of at least 4 members (excludes halogenated alkanes) is 18. The van der Waals surface area contributed by atoms with Crippen molar-refractivity contribution in [2.45, 2.75) is 162 Å². The molecule has 2 aromatic heterocycles. The van der Waals surface area contributed by atoms with Crippen molar-refractivity contribution in [1.29, 1.82) is 0 Å². The summed E-state index contributed by atoms with van der Waals surface area (Å²) in [6.45, 7) is 7.00. The first-order valence-corrected chi connectivity index (χ1v) is 26.2. The smallest absolute Gasteiger partial charge is 0.341 e. The number of aliphatic carboxylic acids is 2. The maximum atomic E-state index is 12.9. The summed E-state index contributed by atoms with van der Waals surface area (Å²) >= 11 is 0. The Labute approximate surface area is 424 Å². The Hall–Kier alpha value is -6.48. The molecule has 0 saturated heterocycles. The van der Waals surface area contributed by atoms with E-state index in [2.05, 4.69) is 35.2 Å². The Bertz CT molecular complexity index is 2430. The minimum absolute atomic E-state index is 0.174. The summed E-state index contributed by atoms with van der Waals surface area (Å²) in [5.74, 6) is -5.53. The fraction of sp³-hybridized carbons (Fsp3) is 0.509. The van der Waals surface area contributed by atoms with E-state index in [0.717, 1.165) is 69.2 Å². The number of amides is 2. The average Bonchev–Trinajstić information content (AvgIpc) is 3.81. The molecule has 0 aliphatic heterocycles. The van der Waals surface area contributed by atoms with Gasteiger partial charge in [0.15, 0.2) is 13.2 Å². The number of hydrogen-bond donors (Lipinski definition) is 4. The highest BCUT2D eigenvalue weighted by Crippen LogP contribution is 2.36. The Balaban J connectivity index is 0.922. The predicted octanol–water partition coefficient (Wildman–Crippen LogP) is 10.5. The van der Waals surface area contributed by atoms with Crippen LogP contribution in [0.25, 0.3) is 21.8 Å². The third-order valence-corrected chi connectivity index (χ3v) is 13.7. The zero-order valence-corrected chi connectivity index (χ0v) is 42.6. The van der Waals surface area contributed by atoms with Gasteiger partial charge in [-0.15, -0.1) is 0 Å². The number of nitrogens with zero attached hydrogens (tertiary/aromatic N) is 3. The fourth-order valence-corrected chi connectivity index (χ4v) is 10.0. The summed E-state index contributed by atoms with van der Waals surface area (Å²) in [5, 5.41) is 19.1. The van der Waals surface area contributed by atoms with Gasteiger partial charge in [-0.3, -0.25) is 24.1 Å². The lowest BCUT2D eigenvalue weighted by Crippen LogP contribution is -2.25. The third kappa shape index (κ3) is 16.8. The minimum atomic E-state index is -1.14. The molecule has 0 unspecified atom stereocenters. The number of carbonyl (C=O) groups is 6. The number of primary amides is 2. The van der Waals surface area contributed by atoms with E-state index in [1.165, 1.54) is 95.5 Å². The van der Waals surface area contributed by atoms with Crippen LogP contribution < -0.4 is 20.9 Å². The highest BCUT2D eigenvalue weighted by Gasteiger charge is 2.28. The lowest BCUT2D eigenvalue weighted by molar-refractivity contribution is -0.140. The molecule has 2 amide bonds. The van der Waals surface area contributed by atoms with Gasteiger partial charge in [-0.05, 0) is 82.4 Å². The quantitative estimate of drug-likeness (QED) is 0.0165. The zero-order valence-electron chi connectivity index (χ0n) is 42.6. The highest BCUT2D eigenvalue weighted by atomic mass is 16.5. The monoisotopic (exact) mass is 992 g/mol. The van der Waals surface area contributed by atoms with E-state index in [1.54, 1.807) is 38.1 Å². The van der Waals surface area contributed by atoms with E-state index < -0.39 is 48.5 Å². The minimum Gasteiger partial charge on any atom is -0.481 e. The van der Waals surface area contributed by atoms with Crippen molar-refractivity contribution < 1.29 is 48.5 Å². The van der Waals surface area contributed by atoms with Crippen LogP contribution in [0.4, 0.5) is 0 Å². The number of carboxylic acid groups (broad SMARTS) is 2. The number of rotatable bonds is 38. The van der Waals surface area contributed by atoms with Crippen molar-refractivity contribution in [3.63, 3.8) is 0 Å². The first kappa shape index (κ1) is 56.4. The molecule has 0 radical (unpaired) electrons. The molecule has 6 N–H and O–H groups in total. The molecule has 390 valence electrons. The van der Waals surface area contributed by atoms with Crippen molar-refractivity contribution in [3.8, 4) is 11.5 Å². The first-order chi connectivity index (χ1) is 34.8. The number of carbonyl (C=O) groups excluding carboxylic acids is 4. The van der Waals surface area contributed by atoms with Gasteiger partial charge < -0.3 is 40.3 Å². The topological polar surface area (TPSA) is 226 Å². The van der Waals surface area contributed by atoms with Gasteiger partial charge in [-0.1, -0.05) is 145 Å². The maximum Gasteiger partial charge on any atom is 0.341 e. The first-order valence-electron chi connectivity index (χ1n) is 26.2. The van der Waals surface area contributed by atoms with Crippen LogP contribution in [0.1, 0.15) is 166 Å².